The van der Waals surface area contributed by atoms with E-state index in [1.54, 1.807) is 0 Å². The molecule has 0 amide bonds. The number of aliphatic imine (C=N–C) groups is 1. The highest BCUT2D eigenvalue weighted by molar-refractivity contribution is 5.87. The summed E-state index contributed by atoms with van der Waals surface area (Å²) in [6.45, 7) is 16.7. The van der Waals surface area contributed by atoms with E-state index in [1.807, 2.05) is 0 Å². The van der Waals surface area contributed by atoms with E-state index in [4.69, 9.17) is 33.4 Å². The standard InChI is InChI=1S/C43H63NO11/c1-22-10-13-34(44-20-22)23(2)37-35(51-25(4)46)19-33-31-12-11-30-18-29(14-16-42(30,8)32(31)15-17-43(33,37)9)38-40(53-27(6)48)41(54-28(7)49)39(52-26(5)47)36(55-38)21-50-24(3)45/h11,22-23,29,31-33,35-41H,10,12-21H2,1-9H3. The molecule has 306 valence electrons. The van der Waals surface area contributed by atoms with Crippen LogP contribution in [-0.4, -0.2) is 85.3 Å². The number of hydrogen-bond donors (Lipinski definition) is 0. The molecule has 4 aliphatic carbocycles. The lowest BCUT2D eigenvalue weighted by molar-refractivity contribution is -0.262. The van der Waals surface area contributed by atoms with Crippen LogP contribution in [0.2, 0.25) is 0 Å². The number of rotatable bonds is 9. The van der Waals surface area contributed by atoms with E-state index < -0.39 is 54.4 Å². The van der Waals surface area contributed by atoms with Crippen LogP contribution in [0.15, 0.2) is 16.6 Å². The first-order valence-electron chi connectivity index (χ1n) is 20.6. The van der Waals surface area contributed by atoms with Crippen molar-refractivity contribution >= 4 is 35.6 Å². The second-order valence-electron chi connectivity index (χ2n) is 18.1. The predicted molar refractivity (Wildman–Crippen MR) is 201 cm³/mol. The minimum atomic E-state index is -1.16. The molecule has 2 aliphatic heterocycles. The van der Waals surface area contributed by atoms with E-state index in [0.717, 1.165) is 57.9 Å². The maximum absolute atomic E-state index is 12.6. The Morgan fingerprint density at radius 2 is 1.49 bits per heavy atom. The summed E-state index contributed by atoms with van der Waals surface area (Å²) < 4.78 is 35.4. The first-order valence-corrected chi connectivity index (χ1v) is 20.6. The summed E-state index contributed by atoms with van der Waals surface area (Å²) in [6.07, 6.45) is 5.78. The number of carbonyl (C=O) groups excluding carboxylic acids is 5. The molecule has 15 atom stereocenters. The Hall–Kier alpha value is -3.28. The fraction of sp³-hybridized carbons (Fsp3) is 0.814. The first kappa shape index (κ1) is 41.4. The second kappa shape index (κ2) is 16.3. The van der Waals surface area contributed by atoms with Gasteiger partial charge in [-0.05, 0) is 98.2 Å². The number of hydrogen-bond acceptors (Lipinski definition) is 12. The van der Waals surface area contributed by atoms with Crippen molar-refractivity contribution in [2.75, 3.05) is 13.2 Å². The maximum atomic E-state index is 12.6. The number of ether oxygens (including phenoxy) is 6. The van der Waals surface area contributed by atoms with Crippen LogP contribution in [-0.2, 0) is 52.4 Å². The van der Waals surface area contributed by atoms with E-state index in [-0.39, 0.29) is 47.3 Å². The summed E-state index contributed by atoms with van der Waals surface area (Å²) in [6, 6.07) is 0. The number of esters is 5. The van der Waals surface area contributed by atoms with Gasteiger partial charge in [0.2, 0.25) is 0 Å². The van der Waals surface area contributed by atoms with E-state index in [0.29, 0.717) is 30.1 Å². The zero-order chi connectivity index (χ0) is 40.0. The zero-order valence-electron chi connectivity index (χ0n) is 34.3. The van der Waals surface area contributed by atoms with E-state index >= 15 is 0 Å². The van der Waals surface area contributed by atoms with Gasteiger partial charge in [0, 0.05) is 58.7 Å². The molecular weight excluding hydrogens is 706 g/mol. The van der Waals surface area contributed by atoms with Crippen LogP contribution in [0.3, 0.4) is 0 Å². The molecule has 0 aromatic carbocycles. The average molecular weight is 770 g/mol. The fourth-order valence-electron chi connectivity index (χ4n) is 12.3. The quantitative estimate of drug-likeness (QED) is 0.146. The Morgan fingerprint density at radius 1 is 0.836 bits per heavy atom. The molecule has 55 heavy (non-hydrogen) atoms. The molecule has 0 bridgehead atoms. The normalized spacial score (nSPS) is 41.5. The van der Waals surface area contributed by atoms with Gasteiger partial charge in [0.1, 0.15) is 24.9 Å². The molecule has 0 radical (unpaired) electrons. The van der Waals surface area contributed by atoms with Crippen molar-refractivity contribution in [2.24, 2.45) is 57.2 Å². The van der Waals surface area contributed by atoms with Crippen molar-refractivity contribution in [3.8, 4) is 0 Å². The first-order chi connectivity index (χ1) is 25.9. The highest BCUT2D eigenvalue weighted by Crippen LogP contribution is 2.68. The Bertz CT molecular complexity index is 1570. The molecule has 3 saturated carbocycles. The van der Waals surface area contributed by atoms with Crippen molar-refractivity contribution < 1.29 is 52.4 Å². The summed E-state index contributed by atoms with van der Waals surface area (Å²) >= 11 is 0. The number of fused-ring (bicyclic) bond motifs is 5. The van der Waals surface area contributed by atoms with Crippen LogP contribution >= 0.6 is 0 Å². The topological polar surface area (TPSA) is 153 Å². The lowest BCUT2D eigenvalue weighted by Crippen LogP contribution is -2.64. The van der Waals surface area contributed by atoms with Gasteiger partial charge in [-0.1, -0.05) is 39.3 Å². The summed E-state index contributed by atoms with van der Waals surface area (Å²) in [5.41, 5.74) is 2.64. The van der Waals surface area contributed by atoms with Crippen molar-refractivity contribution in [2.45, 2.75) is 157 Å². The van der Waals surface area contributed by atoms with Gasteiger partial charge in [0.05, 0.1) is 0 Å². The zero-order valence-corrected chi connectivity index (χ0v) is 34.3. The van der Waals surface area contributed by atoms with Crippen LogP contribution in [0.5, 0.6) is 0 Å². The second-order valence-corrected chi connectivity index (χ2v) is 18.1. The molecule has 6 aliphatic rings. The molecule has 0 aromatic rings. The molecule has 6 rings (SSSR count). The van der Waals surface area contributed by atoms with Crippen molar-refractivity contribution in [3.05, 3.63) is 11.6 Å². The molecule has 12 heteroatoms. The third kappa shape index (κ3) is 8.26. The van der Waals surface area contributed by atoms with Crippen molar-refractivity contribution in [1.29, 1.82) is 0 Å². The number of allylic oxidation sites excluding steroid dienone is 2. The Balaban J connectivity index is 1.28. The summed E-state index contributed by atoms with van der Waals surface area (Å²) in [5.74, 6) is -0.295. The number of carbonyl (C=O) groups is 5. The van der Waals surface area contributed by atoms with Crippen molar-refractivity contribution in [1.82, 2.24) is 0 Å². The molecule has 1 saturated heterocycles. The number of nitrogens with zero attached hydrogens (tertiary/aromatic N) is 1. The van der Waals surface area contributed by atoms with Crippen LogP contribution in [0.25, 0.3) is 0 Å². The third-order valence-corrected chi connectivity index (χ3v) is 14.6. The molecule has 12 nitrogen and oxygen atoms in total. The van der Waals surface area contributed by atoms with Gasteiger partial charge in [-0.2, -0.15) is 0 Å². The smallest absolute Gasteiger partial charge is 0.303 e. The SMILES string of the molecule is CC(=O)OCC1OC(C2CCC3(C)C(=CCC4C3CCC3(C)C4CC(OC(C)=O)C3C(C)C3=NCC(C)CC3)C2)C(OC(C)=O)C(OC(C)=O)C1OC(C)=O. The predicted octanol–water partition coefficient (Wildman–Crippen LogP) is 6.36. The van der Waals surface area contributed by atoms with Crippen LogP contribution in [0.4, 0.5) is 0 Å². The van der Waals surface area contributed by atoms with Gasteiger partial charge in [-0.15, -0.1) is 0 Å². The lowest BCUT2D eigenvalue weighted by atomic mass is 9.46. The Morgan fingerprint density at radius 3 is 2.11 bits per heavy atom. The highest BCUT2D eigenvalue weighted by atomic mass is 16.7. The van der Waals surface area contributed by atoms with Gasteiger partial charge in [0.25, 0.3) is 0 Å². The van der Waals surface area contributed by atoms with Crippen molar-refractivity contribution in [3.63, 3.8) is 0 Å². The van der Waals surface area contributed by atoms with Crippen LogP contribution in [0, 0.1) is 52.3 Å². The van der Waals surface area contributed by atoms with Gasteiger partial charge in [0.15, 0.2) is 18.3 Å². The van der Waals surface area contributed by atoms with E-state index in [2.05, 4.69) is 33.8 Å². The third-order valence-electron chi connectivity index (χ3n) is 14.6. The van der Waals surface area contributed by atoms with E-state index in [9.17, 15) is 24.0 Å². The van der Waals surface area contributed by atoms with E-state index in [1.165, 1.54) is 45.9 Å². The Kier molecular flexibility index (Phi) is 12.3. The summed E-state index contributed by atoms with van der Waals surface area (Å²) in [5, 5.41) is 0. The summed E-state index contributed by atoms with van der Waals surface area (Å²) in [7, 11) is 0. The van der Waals surface area contributed by atoms with Gasteiger partial charge < -0.3 is 28.4 Å². The summed E-state index contributed by atoms with van der Waals surface area (Å²) in [4.78, 5) is 66.8. The van der Waals surface area contributed by atoms with Crippen LogP contribution < -0.4 is 0 Å². The molecule has 2 heterocycles. The lowest BCUT2D eigenvalue weighted by Gasteiger charge is -2.59. The molecule has 0 spiro atoms. The molecule has 4 fully saturated rings. The largest absolute Gasteiger partial charge is 0.463 e. The molecule has 0 aromatic heterocycles. The minimum absolute atomic E-state index is 0.0273. The highest BCUT2D eigenvalue weighted by Gasteiger charge is 2.64. The molecular formula is C43H63NO11. The Labute approximate surface area is 326 Å². The molecule has 0 N–H and O–H groups in total. The van der Waals surface area contributed by atoms with Gasteiger partial charge in [-0.25, -0.2) is 0 Å². The van der Waals surface area contributed by atoms with Crippen LogP contribution in [0.1, 0.15) is 120 Å². The maximum Gasteiger partial charge on any atom is 0.303 e. The minimum Gasteiger partial charge on any atom is -0.463 e. The fourth-order valence-corrected chi connectivity index (χ4v) is 12.3. The monoisotopic (exact) mass is 769 g/mol. The average Bonchev–Trinajstić information content (AvgIpc) is 3.39. The molecule has 15 unspecified atom stereocenters. The van der Waals surface area contributed by atoms with Gasteiger partial charge >= 0.3 is 29.8 Å². The van der Waals surface area contributed by atoms with Gasteiger partial charge in [-0.3, -0.25) is 29.0 Å².